The molecule has 7 nitrogen and oxygen atoms in total. The predicted molar refractivity (Wildman–Crippen MR) is 159 cm³/mol. The molecule has 1 N–H and O–H groups in total. The quantitative estimate of drug-likeness (QED) is 0.208. The molecule has 2 atom stereocenters. The molecule has 0 aliphatic carbocycles. The van der Waals surface area contributed by atoms with Crippen LogP contribution in [0.3, 0.4) is 0 Å². The van der Waals surface area contributed by atoms with Gasteiger partial charge in [0.25, 0.3) is 11.8 Å². The van der Waals surface area contributed by atoms with Crippen molar-refractivity contribution in [2.45, 2.75) is 24.5 Å². The fraction of sp³-hybridized carbons (Fsp3) is 0.182. The van der Waals surface area contributed by atoms with Crippen molar-refractivity contribution in [2.75, 3.05) is 18.1 Å². The van der Waals surface area contributed by atoms with Crippen LogP contribution in [0.2, 0.25) is 0 Å². The Kier molecular flexibility index (Phi) is 7.43. The first-order valence-electron chi connectivity index (χ1n) is 13.4. The molecule has 0 unspecified atom stereocenters. The predicted octanol–water partition coefficient (Wildman–Crippen LogP) is 5.90. The number of aliphatic imine (C=N–C) groups is 1. The van der Waals surface area contributed by atoms with Gasteiger partial charge in [0.2, 0.25) is 5.90 Å². The summed E-state index contributed by atoms with van der Waals surface area (Å²) >= 11 is 3.65. The number of hydrogen-bond acceptors (Lipinski definition) is 6. The van der Waals surface area contributed by atoms with E-state index in [1.54, 1.807) is 42.5 Å². The van der Waals surface area contributed by atoms with Crippen LogP contribution in [0.4, 0.5) is 5.69 Å². The van der Waals surface area contributed by atoms with Gasteiger partial charge in [0.05, 0.1) is 12.3 Å². The Morgan fingerprint density at radius 2 is 1.68 bits per heavy atom. The molecule has 2 amide bonds. The van der Waals surface area contributed by atoms with Crippen molar-refractivity contribution in [2.24, 2.45) is 4.99 Å². The lowest BCUT2D eigenvalue weighted by Gasteiger charge is -2.40. The summed E-state index contributed by atoms with van der Waals surface area (Å²) in [6.45, 7) is 0.460. The zero-order valence-electron chi connectivity index (χ0n) is 22.1. The molecular formula is C33H27BrN2O5. The van der Waals surface area contributed by atoms with Gasteiger partial charge in [-0.2, -0.15) is 0 Å². The Labute approximate surface area is 246 Å². The summed E-state index contributed by atoms with van der Waals surface area (Å²) < 4.78 is 13.0. The van der Waals surface area contributed by atoms with Crippen molar-refractivity contribution >= 4 is 39.3 Å². The first kappa shape index (κ1) is 26.9. The van der Waals surface area contributed by atoms with Crippen molar-refractivity contribution in [3.8, 4) is 5.75 Å². The lowest BCUT2D eigenvalue weighted by Crippen LogP contribution is -2.57. The number of hydrogen-bond donors (Lipinski definition) is 1. The Balaban J connectivity index is 1.47. The zero-order chi connectivity index (χ0) is 28.4. The van der Waals surface area contributed by atoms with Crippen molar-refractivity contribution in [3.05, 3.63) is 130 Å². The third-order valence-corrected chi connectivity index (χ3v) is 8.04. The molecule has 0 radical (unpaired) electrons. The van der Waals surface area contributed by atoms with Crippen LogP contribution in [-0.4, -0.2) is 41.6 Å². The van der Waals surface area contributed by atoms with E-state index in [0.29, 0.717) is 41.5 Å². The van der Waals surface area contributed by atoms with Crippen molar-refractivity contribution in [1.29, 1.82) is 0 Å². The summed E-state index contributed by atoms with van der Waals surface area (Å²) in [6.07, 6.45) is 0.00833. The SMILES string of the molecule is O=C(c1ccccc1)N1C(=O)[C@@]2(Cc3ccccc31)N=C(c1ccc(OCCCO)cc1)O[C@H]2c1ccccc1Br. The highest BCUT2D eigenvalue weighted by atomic mass is 79.9. The van der Waals surface area contributed by atoms with Gasteiger partial charge >= 0.3 is 0 Å². The molecule has 206 valence electrons. The fourth-order valence-corrected chi connectivity index (χ4v) is 5.81. The van der Waals surface area contributed by atoms with Crippen molar-refractivity contribution < 1.29 is 24.2 Å². The second-order valence-electron chi connectivity index (χ2n) is 9.93. The molecule has 2 heterocycles. The first-order valence-corrected chi connectivity index (χ1v) is 14.2. The van der Waals surface area contributed by atoms with Crippen LogP contribution in [0, 0.1) is 0 Å². The van der Waals surface area contributed by atoms with Crippen LogP contribution < -0.4 is 9.64 Å². The molecule has 6 rings (SSSR count). The van der Waals surface area contributed by atoms with Crippen molar-refractivity contribution in [1.82, 2.24) is 0 Å². The van der Waals surface area contributed by atoms with Crippen molar-refractivity contribution in [3.63, 3.8) is 0 Å². The van der Waals surface area contributed by atoms with Gasteiger partial charge in [-0.15, -0.1) is 0 Å². The van der Waals surface area contributed by atoms with Crippen LogP contribution in [0.5, 0.6) is 5.75 Å². The van der Waals surface area contributed by atoms with E-state index in [-0.39, 0.29) is 13.0 Å². The highest BCUT2D eigenvalue weighted by molar-refractivity contribution is 9.10. The minimum absolute atomic E-state index is 0.0577. The number of rotatable bonds is 7. The molecule has 0 saturated carbocycles. The maximum atomic E-state index is 14.7. The summed E-state index contributed by atoms with van der Waals surface area (Å²) in [6, 6.07) is 31.1. The molecule has 0 aromatic heterocycles. The maximum Gasteiger partial charge on any atom is 0.266 e. The number of para-hydroxylation sites is 1. The number of anilines is 1. The number of halogens is 1. The average molecular weight is 611 g/mol. The normalized spacial score (nSPS) is 19.5. The van der Waals surface area contributed by atoms with Crippen LogP contribution in [0.25, 0.3) is 0 Å². The van der Waals surface area contributed by atoms with Crippen LogP contribution in [0.1, 0.15) is 39.6 Å². The summed E-state index contributed by atoms with van der Waals surface area (Å²) in [5.41, 5.74) is 1.81. The van der Waals surface area contributed by atoms with E-state index >= 15 is 0 Å². The van der Waals surface area contributed by atoms with E-state index in [1.807, 2.05) is 60.7 Å². The third-order valence-electron chi connectivity index (χ3n) is 7.31. The Morgan fingerprint density at radius 1 is 0.976 bits per heavy atom. The van der Waals surface area contributed by atoms with Crippen LogP contribution >= 0.6 is 15.9 Å². The number of nitrogens with zero attached hydrogens (tertiary/aromatic N) is 2. The average Bonchev–Trinajstić information content (AvgIpc) is 3.38. The minimum Gasteiger partial charge on any atom is -0.494 e. The van der Waals surface area contributed by atoms with Gasteiger partial charge in [-0.05, 0) is 54.1 Å². The number of imide groups is 1. The van der Waals surface area contributed by atoms with Gasteiger partial charge in [-0.3, -0.25) is 9.59 Å². The number of benzene rings is 4. The standard InChI is InChI=1S/C33H27BrN2O5/c34-27-13-6-5-12-26(27)29-33(35-30(41-29)22-15-17-25(18-16-22)40-20-8-19-37)21-24-11-4-7-14-28(24)36(32(33)39)31(38)23-9-2-1-3-10-23/h1-7,9-18,29,37H,8,19-21H2/t29-,33-/m0/s1. The number of ether oxygens (including phenoxy) is 2. The third kappa shape index (κ3) is 4.94. The number of carbonyl (C=O) groups is 2. The minimum atomic E-state index is -1.42. The second-order valence-corrected chi connectivity index (χ2v) is 10.8. The number of carbonyl (C=O) groups excluding carboxylic acids is 2. The molecule has 4 aromatic rings. The van der Waals surface area contributed by atoms with Crippen LogP contribution in [0.15, 0.2) is 113 Å². The highest BCUT2D eigenvalue weighted by Gasteiger charge is 2.59. The van der Waals surface area contributed by atoms with Gasteiger partial charge in [-0.1, -0.05) is 70.5 Å². The topological polar surface area (TPSA) is 88.4 Å². The molecule has 2 aliphatic rings. The Bertz CT molecular complexity index is 1620. The Hall–Kier alpha value is -4.27. The van der Waals surface area contributed by atoms with E-state index in [9.17, 15) is 9.59 Å². The van der Waals surface area contributed by atoms with E-state index in [4.69, 9.17) is 19.6 Å². The number of amides is 2. The van der Waals surface area contributed by atoms with E-state index in [0.717, 1.165) is 15.6 Å². The van der Waals surface area contributed by atoms with E-state index in [2.05, 4.69) is 15.9 Å². The zero-order valence-corrected chi connectivity index (χ0v) is 23.7. The number of aliphatic hydroxyl groups excluding tert-OH is 1. The summed E-state index contributed by atoms with van der Waals surface area (Å²) in [4.78, 5) is 34.8. The maximum absolute atomic E-state index is 14.7. The van der Waals surface area contributed by atoms with E-state index in [1.165, 1.54) is 4.90 Å². The summed E-state index contributed by atoms with van der Waals surface area (Å²) in [5, 5.41) is 9.02. The smallest absolute Gasteiger partial charge is 0.266 e. The molecule has 8 heteroatoms. The molecule has 0 fully saturated rings. The van der Waals surface area contributed by atoms with Gasteiger partial charge in [0.15, 0.2) is 11.6 Å². The lowest BCUT2D eigenvalue weighted by atomic mass is 9.78. The lowest BCUT2D eigenvalue weighted by molar-refractivity contribution is -0.126. The highest BCUT2D eigenvalue weighted by Crippen LogP contribution is 2.49. The second kappa shape index (κ2) is 11.3. The van der Waals surface area contributed by atoms with Gasteiger partial charge in [-0.25, -0.2) is 9.89 Å². The largest absolute Gasteiger partial charge is 0.494 e. The summed E-state index contributed by atoms with van der Waals surface area (Å²) in [7, 11) is 0. The Morgan fingerprint density at radius 3 is 2.44 bits per heavy atom. The first-order chi connectivity index (χ1) is 20.0. The molecule has 1 spiro atoms. The molecule has 4 aromatic carbocycles. The number of aliphatic hydroxyl groups is 1. The number of fused-ring (bicyclic) bond motifs is 1. The van der Waals surface area contributed by atoms with Gasteiger partial charge in [0, 0.05) is 40.6 Å². The fourth-order valence-electron chi connectivity index (χ4n) is 5.32. The molecule has 0 bridgehead atoms. The van der Waals surface area contributed by atoms with Gasteiger partial charge in [0.1, 0.15) is 5.75 Å². The summed E-state index contributed by atoms with van der Waals surface area (Å²) in [5.74, 6) is 0.110. The van der Waals surface area contributed by atoms with Crippen LogP contribution in [-0.2, 0) is 16.0 Å². The monoisotopic (exact) mass is 610 g/mol. The molecule has 41 heavy (non-hydrogen) atoms. The molecule has 2 aliphatic heterocycles. The van der Waals surface area contributed by atoms with E-state index < -0.39 is 23.5 Å². The molecule has 0 saturated heterocycles. The van der Waals surface area contributed by atoms with Gasteiger partial charge < -0.3 is 14.6 Å². The molecular weight excluding hydrogens is 584 g/mol.